The van der Waals surface area contributed by atoms with E-state index < -0.39 is 0 Å². The Morgan fingerprint density at radius 3 is 2.52 bits per heavy atom. The highest BCUT2D eigenvalue weighted by molar-refractivity contribution is 5.87. The Labute approximate surface area is 120 Å². The van der Waals surface area contributed by atoms with Crippen LogP contribution >= 0.6 is 0 Å². The molecule has 21 heavy (non-hydrogen) atoms. The molecular formula is C17H11NO3. The van der Waals surface area contributed by atoms with Crippen LogP contribution in [-0.2, 0) is 0 Å². The summed E-state index contributed by atoms with van der Waals surface area (Å²) in [5, 5.41) is 18.9. The van der Waals surface area contributed by atoms with E-state index >= 15 is 0 Å². The predicted octanol–water partition coefficient (Wildman–Crippen LogP) is 3.35. The Bertz CT molecular complexity index is 931. The number of phenols is 1. The molecule has 0 aliphatic carbocycles. The number of benzene rings is 2. The van der Waals surface area contributed by atoms with Gasteiger partial charge in [0.15, 0.2) is 0 Å². The molecule has 0 unspecified atom stereocenters. The molecule has 0 spiro atoms. The first-order valence-corrected chi connectivity index (χ1v) is 6.36. The van der Waals surface area contributed by atoms with Crippen LogP contribution in [-0.4, -0.2) is 5.11 Å². The Morgan fingerprint density at radius 1 is 1.14 bits per heavy atom. The molecule has 1 N–H and O–H groups in total. The van der Waals surface area contributed by atoms with Crippen LogP contribution in [0.3, 0.4) is 0 Å². The van der Waals surface area contributed by atoms with Crippen molar-refractivity contribution in [1.29, 1.82) is 5.26 Å². The van der Waals surface area contributed by atoms with Gasteiger partial charge in [-0.2, -0.15) is 5.26 Å². The largest absolute Gasteiger partial charge is 0.508 e. The monoisotopic (exact) mass is 277 g/mol. The van der Waals surface area contributed by atoms with Crippen molar-refractivity contribution in [2.75, 3.05) is 0 Å². The highest BCUT2D eigenvalue weighted by Crippen LogP contribution is 2.24. The SMILES string of the molecule is Cc1ccc2occ(-c3ccc(O)cc3)c(=O)c2c1C#N. The van der Waals surface area contributed by atoms with Crippen molar-refractivity contribution in [2.24, 2.45) is 0 Å². The lowest BCUT2D eigenvalue weighted by atomic mass is 10.0. The molecule has 1 heterocycles. The summed E-state index contributed by atoms with van der Waals surface area (Å²) < 4.78 is 5.49. The topological polar surface area (TPSA) is 74.2 Å². The maximum Gasteiger partial charge on any atom is 0.201 e. The van der Waals surface area contributed by atoms with Gasteiger partial charge in [-0.25, -0.2) is 0 Å². The van der Waals surface area contributed by atoms with Gasteiger partial charge in [-0.15, -0.1) is 0 Å². The molecule has 0 saturated heterocycles. The van der Waals surface area contributed by atoms with Crippen LogP contribution in [0.1, 0.15) is 11.1 Å². The van der Waals surface area contributed by atoms with Crippen molar-refractivity contribution in [3.8, 4) is 22.9 Å². The molecule has 3 rings (SSSR count). The van der Waals surface area contributed by atoms with E-state index in [4.69, 9.17) is 4.42 Å². The molecule has 0 radical (unpaired) electrons. The highest BCUT2D eigenvalue weighted by Gasteiger charge is 2.14. The lowest BCUT2D eigenvalue weighted by Gasteiger charge is -2.05. The van der Waals surface area contributed by atoms with E-state index in [1.165, 1.54) is 18.4 Å². The third-order valence-corrected chi connectivity index (χ3v) is 3.44. The van der Waals surface area contributed by atoms with Crippen molar-refractivity contribution >= 4 is 11.0 Å². The van der Waals surface area contributed by atoms with Gasteiger partial charge in [0.2, 0.25) is 5.43 Å². The molecule has 102 valence electrons. The van der Waals surface area contributed by atoms with Gasteiger partial charge in [-0.1, -0.05) is 18.2 Å². The summed E-state index contributed by atoms with van der Waals surface area (Å²) in [6, 6.07) is 11.8. The molecule has 0 fully saturated rings. The van der Waals surface area contributed by atoms with Crippen LogP contribution in [0.15, 0.2) is 51.9 Å². The number of aromatic hydroxyl groups is 1. The van der Waals surface area contributed by atoms with Crippen LogP contribution in [0.25, 0.3) is 22.1 Å². The Kier molecular flexibility index (Phi) is 2.96. The number of rotatable bonds is 1. The minimum atomic E-state index is -0.248. The van der Waals surface area contributed by atoms with Crippen molar-refractivity contribution < 1.29 is 9.52 Å². The summed E-state index contributed by atoms with van der Waals surface area (Å²) in [7, 11) is 0. The average molecular weight is 277 g/mol. The molecule has 0 saturated carbocycles. The third kappa shape index (κ3) is 2.05. The summed E-state index contributed by atoms with van der Waals surface area (Å²) in [6.45, 7) is 1.78. The number of nitriles is 1. The van der Waals surface area contributed by atoms with Crippen LogP contribution < -0.4 is 5.43 Å². The number of aryl methyl sites for hydroxylation is 1. The highest BCUT2D eigenvalue weighted by atomic mass is 16.3. The van der Waals surface area contributed by atoms with Crippen LogP contribution in [0, 0.1) is 18.3 Å². The molecule has 2 aromatic carbocycles. The minimum absolute atomic E-state index is 0.123. The lowest BCUT2D eigenvalue weighted by molar-refractivity contribution is 0.475. The summed E-state index contributed by atoms with van der Waals surface area (Å²) >= 11 is 0. The summed E-state index contributed by atoms with van der Waals surface area (Å²) in [6.07, 6.45) is 1.38. The summed E-state index contributed by atoms with van der Waals surface area (Å²) in [5.41, 5.74) is 2.22. The molecule has 4 nitrogen and oxygen atoms in total. The number of phenolic OH excluding ortho intramolecular Hbond substituents is 1. The second-order valence-electron chi connectivity index (χ2n) is 4.77. The van der Waals surface area contributed by atoms with Crippen molar-refractivity contribution in [2.45, 2.75) is 6.92 Å². The normalized spacial score (nSPS) is 10.5. The zero-order valence-corrected chi connectivity index (χ0v) is 11.3. The van der Waals surface area contributed by atoms with Gasteiger partial charge in [0.05, 0.1) is 16.5 Å². The van der Waals surface area contributed by atoms with Gasteiger partial charge in [0.25, 0.3) is 0 Å². The average Bonchev–Trinajstić information content (AvgIpc) is 2.49. The molecule has 0 amide bonds. The standard InChI is InChI=1S/C17H11NO3/c1-10-2-7-15-16(13(10)8-18)17(20)14(9-21-15)11-3-5-12(19)6-4-11/h2-7,9,19H,1H3. The Balaban J connectivity index is 2.37. The number of hydrogen-bond donors (Lipinski definition) is 1. The van der Waals surface area contributed by atoms with Crippen molar-refractivity contribution in [1.82, 2.24) is 0 Å². The molecule has 1 aromatic heterocycles. The van der Waals surface area contributed by atoms with E-state index in [-0.39, 0.29) is 11.2 Å². The molecule has 0 atom stereocenters. The van der Waals surface area contributed by atoms with Crippen LogP contribution in [0.4, 0.5) is 0 Å². The van der Waals surface area contributed by atoms with E-state index in [1.807, 2.05) is 0 Å². The summed E-state index contributed by atoms with van der Waals surface area (Å²) in [5.74, 6) is 0.123. The zero-order valence-electron chi connectivity index (χ0n) is 11.3. The van der Waals surface area contributed by atoms with Gasteiger partial charge in [0, 0.05) is 0 Å². The zero-order chi connectivity index (χ0) is 15.0. The molecule has 3 aromatic rings. The fraction of sp³-hybridized carbons (Fsp3) is 0.0588. The summed E-state index contributed by atoms with van der Waals surface area (Å²) in [4.78, 5) is 12.7. The van der Waals surface area contributed by atoms with E-state index in [9.17, 15) is 15.2 Å². The van der Waals surface area contributed by atoms with Crippen LogP contribution in [0.5, 0.6) is 5.75 Å². The van der Waals surface area contributed by atoms with Gasteiger partial charge in [-0.3, -0.25) is 4.79 Å². The smallest absolute Gasteiger partial charge is 0.201 e. The number of hydrogen-bond acceptors (Lipinski definition) is 4. The molecule has 4 heteroatoms. The Morgan fingerprint density at radius 2 is 1.86 bits per heavy atom. The molecular weight excluding hydrogens is 266 g/mol. The van der Waals surface area contributed by atoms with Gasteiger partial charge in [-0.05, 0) is 36.2 Å². The third-order valence-electron chi connectivity index (χ3n) is 3.44. The molecule has 0 bridgehead atoms. The lowest BCUT2D eigenvalue weighted by Crippen LogP contribution is -2.07. The second kappa shape index (κ2) is 4.80. The van der Waals surface area contributed by atoms with Crippen molar-refractivity contribution in [3.05, 3.63) is 64.0 Å². The molecule has 0 aliphatic heterocycles. The fourth-order valence-electron chi connectivity index (χ4n) is 2.31. The van der Waals surface area contributed by atoms with E-state index in [1.54, 1.807) is 31.2 Å². The predicted molar refractivity (Wildman–Crippen MR) is 79.0 cm³/mol. The first-order chi connectivity index (χ1) is 10.1. The van der Waals surface area contributed by atoms with E-state index in [0.29, 0.717) is 27.7 Å². The number of nitrogens with zero attached hydrogens (tertiary/aromatic N) is 1. The van der Waals surface area contributed by atoms with E-state index in [0.717, 1.165) is 5.56 Å². The first-order valence-electron chi connectivity index (χ1n) is 6.36. The first kappa shape index (κ1) is 12.9. The number of fused-ring (bicyclic) bond motifs is 1. The second-order valence-corrected chi connectivity index (χ2v) is 4.77. The van der Waals surface area contributed by atoms with E-state index in [2.05, 4.69) is 6.07 Å². The van der Waals surface area contributed by atoms with Crippen LogP contribution in [0.2, 0.25) is 0 Å². The maximum absolute atomic E-state index is 12.7. The van der Waals surface area contributed by atoms with Gasteiger partial charge in [0.1, 0.15) is 23.7 Å². The maximum atomic E-state index is 12.7. The van der Waals surface area contributed by atoms with Gasteiger partial charge < -0.3 is 9.52 Å². The van der Waals surface area contributed by atoms with Crippen molar-refractivity contribution in [3.63, 3.8) is 0 Å². The fourth-order valence-corrected chi connectivity index (χ4v) is 2.31. The quantitative estimate of drug-likeness (QED) is 0.740. The Hall–Kier alpha value is -3.06. The van der Waals surface area contributed by atoms with Gasteiger partial charge >= 0.3 is 0 Å². The molecule has 0 aliphatic rings. The minimum Gasteiger partial charge on any atom is -0.508 e.